The van der Waals surface area contributed by atoms with Crippen molar-refractivity contribution in [2.45, 2.75) is 40.2 Å². The smallest absolute Gasteiger partial charge is 0.227 e. The van der Waals surface area contributed by atoms with Gasteiger partial charge in [-0.15, -0.1) is 0 Å². The van der Waals surface area contributed by atoms with E-state index in [-0.39, 0.29) is 0 Å². The first kappa shape index (κ1) is 12.2. The number of hydrogen-bond donors (Lipinski definition) is 0. The van der Waals surface area contributed by atoms with Gasteiger partial charge >= 0.3 is 0 Å². The van der Waals surface area contributed by atoms with Crippen LogP contribution in [-0.2, 0) is 0 Å². The maximum atomic E-state index is 5.92. The van der Waals surface area contributed by atoms with Gasteiger partial charge in [0.25, 0.3) is 0 Å². The summed E-state index contributed by atoms with van der Waals surface area (Å²) in [5, 5.41) is 0.513. The fourth-order valence-corrected chi connectivity index (χ4v) is 1.75. The van der Waals surface area contributed by atoms with Crippen molar-refractivity contribution in [3.8, 4) is 0 Å². The molecular weight excluding hydrogens is 210 g/mol. The van der Waals surface area contributed by atoms with Gasteiger partial charge in [0, 0.05) is 18.3 Å². The van der Waals surface area contributed by atoms with Gasteiger partial charge < -0.3 is 4.90 Å². The standard InChI is InChI=1S/C11H18ClN3/c1-5-9(4)15(6-2)11-13-8(3)7-10(12)14-11/h7,9H,5-6H2,1-4H3. The maximum absolute atomic E-state index is 5.92. The fraction of sp³-hybridized carbons (Fsp3) is 0.636. The van der Waals surface area contributed by atoms with Crippen LogP contribution in [0.4, 0.5) is 5.95 Å². The molecule has 1 atom stereocenters. The normalized spacial score (nSPS) is 12.6. The summed E-state index contributed by atoms with van der Waals surface area (Å²) in [5.74, 6) is 0.733. The van der Waals surface area contributed by atoms with Crippen LogP contribution in [0.2, 0.25) is 5.15 Å². The minimum Gasteiger partial charge on any atom is -0.338 e. The van der Waals surface area contributed by atoms with Gasteiger partial charge in [-0.25, -0.2) is 9.97 Å². The predicted octanol–water partition coefficient (Wildman–Crippen LogP) is 3.06. The maximum Gasteiger partial charge on any atom is 0.227 e. The van der Waals surface area contributed by atoms with Crippen LogP contribution in [0.25, 0.3) is 0 Å². The molecule has 4 heteroatoms. The first-order valence-corrected chi connectivity index (χ1v) is 5.74. The number of aryl methyl sites for hydroxylation is 1. The van der Waals surface area contributed by atoms with Crippen LogP contribution in [0, 0.1) is 6.92 Å². The van der Waals surface area contributed by atoms with Crippen molar-refractivity contribution in [1.82, 2.24) is 9.97 Å². The van der Waals surface area contributed by atoms with E-state index in [1.807, 2.05) is 6.92 Å². The van der Waals surface area contributed by atoms with Crippen LogP contribution < -0.4 is 4.90 Å². The van der Waals surface area contributed by atoms with Gasteiger partial charge in [-0.1, -0.05) is 18.5 Å². The molecule has 0 bridgehead atoms. The Morgan fingerprint density at radius 3 is 2.53 bits per heavy atom. The average Bonchev–Trinajstić information content (AvgIpc) is 2.17. The molecule has 0 saturated carbocycles. The largest absolute Gasteiger partial charge is 0.338 e. The molecule has 1 rings (SSSR count). The van der Waals surface area contributed by atoms with Gasteiger partial charge in [0.2, 0.25) is 5.95 Å². The summed E-state index contributed by atoms with van der Waals surface area (Å²) in [4.78, 5) is 10.8. The first-order chi connectivity index (χ1) is 7.08. The number of halogens is 1. The molecular formula is C11H18ClN3. The SMILES string of the molecule is CCC(C)N(CC)c1nc(C)cc(Cl)n1. The van der Waals surface area contributed by atoms with E-state index in [4.69, 9.17) is 11.6 Å². The Bertz CT molecular complexity index is 307. The van der Waals surface area contributed by atoms with Crippen molar-refractivity contribution < 1.29 is 0 Å². The Hall–Kier alpha value is -0.830. The Balaban J connectivity index is 3.01. The summed E-state index contributed by atoms with van der Waals surface area (Å²) in [6.45, 7) is 9.26. The van der Waals surface area contributed by atoms with Gasteiger partial charge in [-0.2, -0.15) is 0 Å². The van der Waals surface area contributed by atoms with Crippen LogP contribution in [0.1, 0.15) is 32.9 Å². The predicted molar refractivity (Wildman–Crippen MR) is 64.6 cm³/mol. The molecule has 0 radical (unpaired) electrons. The Labute approximate surface area is 96.5 Å². The van der Waals surface area contributed by atoms with E-state index in [1.165, 1.54) is 0 Å². The third kappa shape index (κ3) is 3.06. The van der Waals surface area contributed by atoms with E-state index >= 15 is 0 Å². The van der Waals surface area contributed by atoms with Gasteiger partial charge in [0.05, 0.1) is 0 Å². The van der Waals surface area contributed by atoms with Crippen LogP contribution in [-0.4, -0.2) is 22.6 Å². The highest BCUT2D eigenvalue weighted by Crippen LogP contribution is 2.16. The molecule has 1 aromatic heterocycles. The Morgan fingerprint density at radius 1 is 1.40 bits per heavy atom. The summed E-state index contributed by atoms with van der Waals surface area (Å²) in [6, 6.07) is 2.21. The van der Waals surface area contributed by atoms with Crippen LogP contribution >= 0.6 is 11.6 Å². The summed E-state index contributed by atoms with van der Waals surface area (Å²) in [7, 11) is 0. The lowest BCUT2D eigenvalue weighted by Crippen LogP contribution is -2.33. The van der Waals surface area contributed by atoms with E-state index in [2.05, 4.69) is 35.6 Å². The fourth-order valence-electron chi connectivity index (χ4n) is 1.51. The second-order valence-corrected chi connectivity index (χ2v) is 4.06. The van der Waals surface area contributed by atoms with Gasteiger partial charge in [0.1, 0.15) is 5.15 Å². The minimum atomic E-state index is 0.438. The minimum absolute atomic E-state index is 0.438. The van der Waals surface area contributed by atoms with Crippen molar-refractivity contribution in [2.75, 3.05) is 11.4 Å². The summed E-state index contributed by atoms with van der Waals surface area (Å²) in [6.07, 6.45) is 1.07. The van der Waals surface area contributed by atoms with Crippen molar-refractivity contribution >= 4 is 17.5 Å². The van der Waals surface area contributed by atoms with Gasteiger partial charge in [0.15, 0.2) is 0 Å². The molecule has 0 N–H and O–H groups in total. The van der Waals surface area contributed by atoms with Gasteiger partial charge in [-0.3, -0.25) is 0 Å². The molecule has 84 valence electrons. The molecule has 0 spiro atoms. The Kier molecular flexibility index (Phi) is 4.33. The lowest BCUT2D eigenvalue weighted by atomic mass is 10.2. The highest BCUT2D eigenvalue weighted by atomic mass is 35.5. The average molecular weight is 228 g/mol. The molecule has 0 aliphatic carbocycles. The zero-order valence-electron chi connectivity index (χ0n) is 9.79. The molecule has 0 saturated heterocycles. The zero-order chi connectivity index (χ0) is 11.4. The third-order valence-corrected chi connectivity index (χ3v) is 2.73. The van der Waals surface area contributed by atoms with Crippen LogP contribution in [0.3, 0.4) is 0 Å². The summed E-state index contributed by atoms with van der Waals surface area (Å²) in [5.41, 5.74) is 0.909. The van der Waals surface area contributed by atoms with Crippen molar-refractivity contribution in [3.05, 3.63) is 16.9 Å². The number of rotatable bonds is 4. The van der Waals surface area contributed by atoms with E-state index in [1.54, 1.807) is 6.07 Å². The molecule has 1 unspecified atom stereocenters. The zero-order valence-corrected chi connectivity index (χ0v) is 10.5. The van der Waals surface area contributed by atoms with Gasteiger partial charge in [-0.05, 0) is 33.3 Å². The van der Waals surface area contributed by atoms with Crippen LogP contribution in [0.5, 0.6) is 0 Å². The second-order valence-electron chi connectivity index (χ2n) is 3.68. The molecule has 1 aromatic rings. The second kappa shape index (κ2) is 5.31. The molecule has 15 heavy (non-hydrogen) atoms. The molecule has 3 nitrogen and oxygen atoms in total. The van der Waals surface area contributed by atoms with Crippen molar-refractivity contribution in [3.63, 3.8) is 0 Å². The lowest BCUT2D eigenvalue weighted by Gasteiger charge is -2.27. The molecule has 0 aromatic carbocycles. The first-order valence-electron chi connectivity index (χ1n) is 5.36. The number of hydrogen-bond acceptors (Lipinski definition) is 3. The van der Waals surface area contributed by atoms with E-state index in [9.17, 15) is 0 Å². The highest BCUT2D eigenvalue weighted by molar-refractivity contribution is 6.29. The summed E-state index contributed by atoms with van der Waals surface area (Å²) >= 11 is 5.92. The number of aromatic nitrogens is 2. The monoisotopic (exact) mass is 227 g/mol. The van der Waals surface area contributed by atoms with Crippen LogP contribution in [0.15, 0.2) is 6.07 Å². The number of nitrogens with zero attached hydrogens (tertiary/aromatic N) is 3. The quantitative estimate of drug-likeness (QED) is 0.741. The number of anilines is 1. The van der Waals surface area contributed by atoms with Crippen molar-refractivity contribution in [2.24, 2.45) is 0 Å². The molecule has 0 aliphatic rings. The molecule has 0 fully saturated rings. The Morgan fingerprint density at radius 2 is 2.07 bits per heavy atom. The van der Waals surface area contributed by atoms with E-state index in [0.717, 1.165) is 24.6 Å². The van der Waals surface area contributed by atoms with E-state index < -0.39 is 0 Å². The molecule has 0 aliphatic heterocycles. The highest BCUT2D eigenvalue weighted by Gasteiger charge is 2.14. The van der Waals surface area contributed by atoms with Crippen molar-refractivity contribution in [1.29, 1.82) is 0 Å². The molecule has 1 heterocycles. The third-order valence-electron chi connectivity index (χ3n) is 2.53. The topological polar surface area (TPSA) is 29.0 Å². The summed E-state index contributed by atoms with van der Waals surface area (Å²) < 4.78 is 0. The lowest BCUT2D eigenvalue weighted by molar-refractivity contribution is 0.614. The van der Waals surface area contributed by atoms with E-state index in [0.29, 0.717) is 11.2 Å². The molecule has 0 amide bonds.